The minimum atomic E-state index is 0.252. The molecule has 0 spiro atoms. The first-order valence-electron chi connectivity index (χ1n) is 9.87. The Morgan fingerprint density at radius 3 is 2.71 bits per heavy atom. The average molecular weight is 333 g/mol. The average Bonchev–Trinajstić information content (AvgIpc) is 2.54. The summed E-state index contributed by atoms with van der Waals surface area (Å²) >= 11 is 0. The fourth-order valence-corrected chi connectivity index (χ4v) is 6.40. The van der Waals surface area contributed by atoms with Gasteiger partial charge in [-0.05, 0) is 80.1 Å². The van der Waals surface area contributed by atoms with Crippen LogP contribution in [-0.4, -0.2) is 24.9 Å². The molecular weight excluding hydrogens is 296 g/mol. The van der Waals surface area contributed by atoms with Crippen LogP contribution in [0.4, 0.5) is 0 Å². The first kappa shape index (κ1) is 18.2. The number of rotatable bonds is 4. The zero-order valence-electron chi connectivity index (χ0n) is 16.2. The van der Waals surface area contributed by atoms with Gasteiger partial charge in [-0.3, -0.25) is 0 Å². The van der Waals surface area contributed by atoms with E-state index in [2.05, 4.69) is 27.4 Å². The molecule has 136 valence electrons. The molecule has 5 atom stereocenters. The Morgan fingerprint density at radius 1 is 1.33 bits per heavy atom. The SMILES string of the molecule is C=C(C)[C@H]1CCC2=C(C1)[C@H](OC)C[C@H]1[C@](C)(CCO)CCC[C@]21C. The van der Waals surface area contributed by atoms with Gasteiger partial charge in [0.05, 0.1) is 6.10 Å². The van der Waals surface area contributed by atoms with E-state index in [1.165, 1.54) is 37.7 Å². The van der Waals surface area contributed by atoms with Gasteiger partial charge in [-0.2, -0.15) is 0 Å². The second-order valence-electron chi connectivity index (χ2n) is 9.20. The fraction of sp³-hybridized carbons (Fsp3) is 0.818. The maximum Gasteiger partial charge on any atom is 0.0787 e. The van der Waals surface area contributed by atoms with Gasteiger partial charge >= 0.3 is 0 Å². The van der Waals surface area contributed by atoms with Crippen LogP contribution >= 0.6 is 0 Å². The van der Waals surface area contributed by atoms with E-state index < -0.39 is 0 Å². The Morgan fingerprint density at radius 2 is 2.08 bits per heavy atom. The zero-order valence-corrected chi connectivity index (χ0v) is 16.2. The number of methoxy groups -OCH3 is 1. The van der Waals surface area contributed by atoms with Crippen molar-refractivity contribution in [3.63, 3.8) is 0 Å². The van der Waals surface area contributed by atoms with Gasteiger partial charge in [-0.1, -0.05) is 38.0 Å². The maximum absolute atomic E-state index is 9.66. The smallest absolute Gasteiger partial charge is 0.0787 e. The molecule has 3 aliphatic carbocycles. The summed E-state index contributed by atoms with van der Waals surface area (Å²) in [7, 11) is 1.88. The minimum absolute atomic E-state index is 0.252. The lowest BCUT2D eigenvalue weighted by Gasteiger charge is -2.59. The van der Waals surface area contributed by atoms with Crippen molar-refractivity contribution in [2.45, 2.75) is 78.2 Å². The van der Waals surface area contributed by atoms with E-state index in [-0.39, 0.29) is 11.5 Å². The molecule has 1 N–H and O–H groups in total. The first-order chi connectivity index (χ1) is 11.4. The Labute approximate surface area is 148 Å². The van der Waals surface area contributed by atoms with Gasteiger partial charge in [-0.15, -0.1) is 0 Å². The molecule has 3 aliphatic rings. The summed E-state index contributed by atoms with van der Waals surface area (Å²) in [6.07, 6.45) is 9.82. The second kappa shape index (κ2) is 6.61. The second-order valence-corrected chi connectivity index (χ2v) is 9.20. The van der Waals surface area contributed by atoms with Gasteiger partial charge in [0.1, 0.15) is 0 Å². The third-order valence-electron chi connectivity index (χ3n) is 7.84. The molecule has 0 amide bonds. The summed E-state index contributed by atoms with van der Waals surface area (Å²) in [5, 5.41) is 9.66. The van der Waals surface area contributed by atoms with Crippen molar-refractivity contribution in [1.82, 2.24) is 0 Å². The van der Waals surface area contributed by atoms with Crippen LogP contribution in [0.25, 0.3) is 0 Å². The molecule has 0 aromatic heterocycles. The normalized spacial score (nSPS) is 42.5. The molecule has 1 fully saturated rings. The molecule has 3 rings (SSSR count). The van der Waals surface area contributed by atoms with Crippen LogP contribution in [0.1, 0.15) is 72.1 Å². The number of fused-ring (bicyclic) bond motifs is 2. The standard InChI is InChI=1S/C22H36O2/c1-15(2)16-7-8-18-17(13-16)19(24-5)14-20-21(3,11-12-23)9-6-10-22(18,20)4/h16,19-20,23H,1,6-14H2,2-5H3/t16-,19+,20-,21-,22+/m0/s1. The Kier molecular flexibility index (Phi) is 5.01. The molecule has 1 saturated carbocycles. The van der Waals surface area contributed by atoms with Crippen LogP contribution in [0.5, 0.6) is 0 Å². The van der Waals surface area contributed by atoms with Crippen molar-refractivity contribution in [3.8, 4) is 0 Å². The quantitative estimate of drug-likeness (QED) is 0.710. The summed E-state index contributed by atoms with van der Waals surface area (Å²) in [4.78, 5) is 0. The number of hydrogen-bond acceptors (Lipinski definition) is 2. The van der Waals surface area contributed by atoms with Crippen molar-refractivity contribution in [2.75, 3.05) is 13.7 Å². The highest BCUT2D eigenvalue weighted by Crippen LogP contribution is 2.63. The van der Waals surface area contributed by atoms with Gasteiger partial charge in [0.15, 0.2) is 0 Å². The summed E-state index contributed by atoms with van der Waals surface area (Å²) in [6.45, 7) is 11.7. The predicted molar refractivity (Wildman–Crippen MR) is 99.9 cm³/mol. The number of aliphatic hydroxyl groups is 1. The molecule has 2 heteroatoms. The largest absolute Gasteiger partial charge is 0.396 e. The van der Waals surface area contributed by atoms with Crippen LogP contribution < -0.4 is 0 Å². The molecule has 0 aromatic carbocycles. The van der Waals surface area contributed by atoms with Crippen LogP contribution in [0.15, 0.2) is 23.3 Å². The van der Waals surface area contributed by atoms with E-state index in [9.17, 15) is 5.11 Å². The van der Waals surface area contributed by atoms with E-state index in [1.807, 2.05) is 7.11 Å². The van der Waals surface area contributed by atoms with Crippen molar-refractivity contribution >= 4 is 0 Å². The number of allylic oxidation sites excluding steroid dienone is 2. The van der Waals surface area contributed by atoms with E-state index in [0.717, 1.165) is 19.3 Å². The molecule has 0 aromatic rings. The monoisotopic (exact) mass is 332 g/mol. The summed E-state index contributed by atoms with van der Waals surface area (Å²) < 4.78 is 6.00. The lowest BCUT2D eigenvalue weighted by Crippen LogP contribution is -2.51. The van der Waals surface area contributed by atoms with Gasteiger partial charge in [0, 0.05) is 13.7 Å². The Bertz CT molecular complexity index is 530. The van der Waals surface area contributed by atoms with Crippen molar-refractivity contribution < 1.29 is 9.84 Å². The summed E-state index contributed by atoms with van der Waals surface area (Å²) in [5.41, 5.74) is 5.21. The summed E-state index contributed by atoms with van der Waals surface area (Å²) in [6, 6.07) is 0. The van der Waals surface area contributed by atoms with Crippen molar-refractivity contribution in [1.29, 1.82) is 0 Å². The van der Waals surface area contributed by atoms with Crippen LogP contribution in [0.3, 0.4) is 0 Å². The van der Waals surface area contributed by atoms with E-state index in [1.54, 1.807) is 11.1 Å². The highest BCUT2D eigenvalue weighted by Gasteiger charge is 2.54. The molecule has 24 heavy (non-hydrogen) atoms. The highest BCUT2D eigenvalue weighted by molar-refractivity contribution is 5.35. The lowest BCUT2D eigenvalue weighted by molar-refractivity contribution is -0.0538. The lowest BCUT2D eigenvalue weighted by atomic mass is 9.47. The maximum atomic E-state index is 9.66. The molecule has 0 unspecified atom stereocenters. The molecule has 0 bridgehead atoms. The predicted octanol–water partition coefficient (Wildman–Crippen LogP) is 5.27. The van der Waals surface area contributed by atoms with Crippen LogP contribution in [-0.2, 0) is 4.74 Å². The Balaban J connectivity index is 2.01. The summed E-state index contributed by atoms with van der Waals surface area (Å²) in [5.74, 6) is 1.27. The van der Waals surface area contributed by atoms with Gasteiger partial charge < -0.3 is 9.84 Å². The van der Waals surface area contributed by atoms with Gasteiger partial charge in [-0.25, -0.2) is 0 Å². The molecule has 0 saturated heterocycles. The fourth-order valence-electron chi connectivity index (χ4n) is 6.40. The van der Waals surface area contributed by atoms with Crippen LogP contribution in [0, 0.1) is 22.7 Å². The first-order valence-corrected chi connectivity index (χ1v) is 9.87. The Hall–Kier alpha value is -0.600. The number of hydrogen-bond donors (Lipinski definition) is 1. The molecule has 0 radical (unpaired) electrons. The van der Waals surface area contributed by atoms with Crippen molar-refractivity contribution in [2.24, 2.45) is 22.7 Å². The molecule has 2 nitrogen and oxygen atoms in total. The van der Waals surface area contributed by atoms with E-state index in [4.69, 9.17) is 4.74 Å². The molecule has 0 aliphatic heterocycles. The van der Waals surface area contributed by atoms with Crippen LogP contribution in [0.2, 0.25) is 0 Å². The third kappa shape index (κ3) is 2.80. The molecular formula is C22H36O2. The van der Waals surface area contributed by atoms with Gasteiger partial charge in [0.2, 0.25) is 0 Å². The molecule has 0 heterocycles. The zero-order chi connectivity index (χ0) is 17.5. The van der Waals surface area contributed by atoms with Crippen molar-refractivity contribution in [3.05, 3.63) is 23.3 Å². The minimum Gasteiger partial charge on any atom is -0.396 e. The van der Waals surface area contributed by atoms with E-state index in [0.29, 0.717) is 23.9 Å². The topological polar surface area (TPSA) is 29.5 Å². The third-order valence-corrected chi connectivity index (χ3v) is 7.84. The number of aliphatic hydroxyl groups excluding tert-OH is 1. The highest BCUT2D eigenvalue weighted by atomic mass is 16.5. The van der Waals surface area contributed by atoms with E-state index >= 15 is 0 Å². The number of ether oxygens (including phenoxy) is 1. The van der Waals surface area contributed by atoms with Gasteiger partial charge in [0.25, 0.3) is 0 Å².